The van der Waals surface area contributed by atoms with Crippen LogP contribution in [0.1, 0.15) is 25.1 Å². The van der Waals surface area contributed by atoms with Gasteiger partial charge in [-0.15, -0.1) is 0 Å². The molecule has 0 amide bonds. The summed E-state index contributed by atoms with van der Waals surface area (Å²) < 4.78 is 45.3. The zero-order chi connectivity index (χ0) is 12.5. The maximum atomic E-state index is 12.2. The first-order valence-corrected chi connectivity index (χ1v) is 5.92. The minimum absolute atomic E-state index is 0.181. The van der Waals surface area contributed by atoms with Crippen LogP contribution < -0.4 is 5.32 Å². The number of rotatable bonds is 4. The summed E-state index contributed by atoms with van der Waals surface area (Å²) in [6.45, 7) is 0.468. The van der Waals surface area contributed by atoms with E-state index in [1.54, 1.807) is 7.11 Å². The molecule has 2 rings (SSSR count). The van der Waals surface area contributed by atoms with Gasteiger partial charge in [-0.1, -0.05) is 0 Å². The number of anilines is 1. The molecule has 0 saturated heterocycles. The first kappa shape index (κ1) is 12.6. The predicted octanol–water partition coefficient (Wildman–Crippen LogP) is 2.54. The number of alkyl halides is 3. The van der Waals surface area contributed by atoms with Crippen LogP contribution >= 0.6 is 11.5 Å². The fourth-order valence-corrected chi connectivity index (χ4v) is 2.25. The summed E-state index contributed by atoms with van der Waals surface area (Å²) in [5, 5.41) is 3.03. The van der Waals surface area contributed by atoms with Crippen LogP contribution in [-0.4, -0.2) is 28.6 Å². The molecule has 0 spiro atoms. The molecule has 8 heteroatoms. The number of hydrogen-bond acceptors (Lipinski definition) is 5. The van der Waals surface area contributed by atoms with E-state index >= 15 is 0 Å². The smallest absolute Gasteiger partial charge is 0.376 e. The molecule has 0 atom stereocenters. The minimum atomic E-state index is -4.48. The van der Waals surface area contributed by atoms with E-state index in [4.69, 9.17) is 4.74 Å². The molecule has 1 saturated carbocycles. The van der Waals surface area contributed by atoms with Gasteiger partial charge in [0.1, 0.15) is 0 Å². The van der Waals surface area contributed by atoms with Crippen molar-refractivity contribution in [2.45, 2.75) is 31.0 Å². The molecule has 0 aromatic carbocycles. The van der Waals surface area contributed by atoms with Gasteiger partial charge < -0.3 is 10.1 Å². The number of nitrogens with zero attached hydrogens (tertiary/aromatic N) is 2. The second-order valence-corrected chi connectivity index (χ2v) is 4.77. The molecule has 1 aliphatic rings. The first-order valence-electron chi connectivity index (χ1n) is 5.15. The minimum Gasteiger partial charge on any atom is -0.376 e. The van der Waals surface area contributed by atoms with Crippen molar-refractivity contribution in [2.75, 3.05) is 19.0 Å². The van der Waals surface area contributed by atoms with Gasteiger partial charge in [0.15, 0.2) is 0 Å². The molecule has 96 valence electrons. The summed E-state index contributed by atoms with van der Waals surface area (Å²) >= 11 is 0.714. The van der Waals surface area contributed by atoms with E-state index in [2.05, 4.69) is 14.7 Å². The highest BCUT2D eigenvalue weighted by Crippen LogP contribution is 2.35. The Kier molecular flexibility index (Phi) is 3.26. The lowest BCUT2D eigenvalue weighted by Crippen LogP contribution is -2.45. The van der Waals surface area contributed by atoms with E-state index in [0.717, 1.165) is 19.3 Å². The van der Waals surface area contributed by atoms with Crippen LogP contribution in [0.25, 0.3) is 0 Å². The van der Waals surface area contributed by atoms with Gasteiger partial charge in [0, 0.05) is 25.2 Å². The summed E-state index contributed by atoms with van der Waals surface area (Å²) in [5.74, 6) is -1.09. The van der Waals surface area contributed by atoms with E-state index in [9.17, 15) is 13.2 Å². The highest BCUT2D eigenvalue weighted by atomic mass is 32.1. The third kappa shape index (κ3) is 2.68. The molecule has 1 aromatic rings. The number of aromatic nitrogens is 2. The van der Waals surface area contributed by atoms with E-state index in [-0.39, 0.29) is 10.7 Å². The lowest BCUT2D eigenvalue weighted by atomic mass is 9.80. The van der Waals surface area contributed by atoms with Gasteiger partial charge in [0.2, 0.25) is 11.0 Å². The Balaban J connectivity index is 1.93. The van der Waals surface area contributed by atoms with Crippen LogP contribution in [0.15, 0.2) is 0 Å². The third-order valence-corrected chi connectivity index (χ3v) is 3.61. The molecular formula is C9H12F3N3OS. The monoisotopic (exact) mass is 267 g/mol. The van der Waals surface area contributed by atoms with Crippen molar-refractivity contribution in [1.82, 2.24) is 9.36 Å². The lowest BCUT2D eigenvalue weighted by molar-refractivity contribution is -0.144. The maximum absolute atomic E-state index is 12.2. The molecule has 1 aliphatic carbocycles. The zero-order valence-electron chi connectivity index (χ0n) is 9.17. The van der Waals surface area contributed by atoms with Gasteiger partial charge in [0.05, 0.1) is 5.60 Å². The molecule has 4 nitrogen and oxygen atoms in total. The van der Waals surface area contributed by atoms with Crippen LogP contribution in [0.3, 0.4) is 0 Å². The summed E-state index contributed by atoms with van der Waals surface area (Å²) in [5.41, 5.74) is -0.246. The highest BCUT2D eigenvalue weighted by molar-refractivity contribution is 7.09. The number of halogens is 3. The quantitative estimate of drug-likeness (QED) is 0.910. The van der Waals surface area contributed by atoms with Crippen molar-refractivity contribution in [3.63, 3.8) is 0 Å². The van der Waals surface area contributed by atoms with Gasteiger partial charge in [-0.25, -0.2) is 0 Å². The third-order valence-electron chi connectivity index (χ3n) is 2.94. The predicted molar refractivity (Wildman–Crippen MR) is 57.0 cm³/mol. The van der Waals surface area contributed by atoms with Gasteiger partial charge in [-0.2, -0.15) is 22.5 Å². The second kappa shape index (κ2) is 4.41. The number of nitrogens with one attached hydrogen (secondary N) is 1. The molecule has 1 fully saturated rings. The SMILES string of the molecule is COC1(CNc2nc(C(F)(F)F)ns2)CCC1. The van der Waals surface area contributed by atoms with Crippen molar-refractivity contribution < 1.29 is 17.9 Å². The van der Waals surface area contributed by atoms with Crippen LogP contribution in [0.2, 0.25) is 0 Å². The van der Waals surface area contributed by atoms with Gasteiger partial charge >= 0.3 is 6.18 Å². The molecule has 17 heavy (non-hydrogen) atoms. The van der Waals surface area contributed by atoms with Gasteiger partial charge in [-0.05, 0) is 19.3 Å². The largest absolute Gasteiger partial charge is 0.452 e. The molecule has 0 radical (unpaired) electrons. The average Bonchev–Trinajstić information content (AvgIpc) is 2.65. The Bertz CT molecular complexity index is 384. The number of methoxy groups -OCH3 is 1. The lowest BCUT2D eigenvalue weighted by Gasteiger charge is -2.40. The summed E-state index contributed by atoms with van der Waals surface area (Å²) in [4.78, 5) is 3.39. The van der Waals surface area contributed by atoms with Crippen LogP contribution in [-0.2, 0) is 10.9 Å². The first-order chi connectivity index (χ1) is 7.95. The van der Waals surface area contributed by atoms with Crippen LogP contribution in [0.5, 0.6) is 0 Å². The maximum Gasteiger partial charge on any atom is 0.452 e. The Hall–Kier alpha value is -0.890. The zero-order valence-corrected chi connectivity index (χ0v) is 9.99. The van der Waals surface area contributed by atoms with E-state index in [0.29, 0.717) is 18.1 Å². The van der Waals surface area contributed by atoms with Crippen molar-refractivity contribution in [1.29, 1.82) is 0 Å². The Morgan fingerprint density at radius 1 is 1.47 bits per heavy atom. The van der Waals surface area contributed by atoms with Gasteiger partial charge in [0.25, 0.3) is 0 Å². The fraction of sp³-hybridized carbons (Fsp3) is 0.778. The normalized spacial score (nSPS) is 18.8. The molecule has 1 aromatic heterocycles. The van der Waals surface area contributed by atoms with E-state index < -0.39 is 12.0 Å². The van der Waals surface area contributed by atoms with Crippen molar-refractivity contribution in [2.24, 2.45) is 0 Å². The van der Waals surface area contributed by atoms with E-state index in [1.807, 2.05) is 0 Å². The molecule has 0 aliphatic heterocycles. The van der Waals surface area contributed by atoms with Crippen molar-refractivity contribution in [3.8, 4) is 0 Å². The summed E-state index contributed by atoms with van der Waals surface area (Å²) in [6, 6.07) is 0. The Labute approximate surface area is 100 Å². The topological polar surface area (TPSA) is 47.0 Å². The fourth-order valence-electron chi connectivity index (χ4n) is 1.67. The summed E-state index contributed by atoms with van der Waals surface area (Å²) in [6.07, 6.45) is -1.56. The molecule has 0 bridgehead atoms. The van der Waals surface area contributed by atoms with E-state index in [1.165, 1.54) is 0 Å². The number of ether oxygens (including phenoxy) is 1. The Morgan fingerprint density at radius 3 is 2.59 bits per heavy atom. The summed E-state index contributed by atoms with van der Waals surface area (Å²) in [7, 11) is 1.61. The average molecular weight is 267 g/mol. The van der Waals surface area contributed by atoms with Crippen LogP contribution in [0.4, 0.5) is 18.3 Å². The van der Waals surface area contributed by atoms with Crippen molar-refractivity contribution in [3.05, 3.63) is 5.82 Å². The molecule has 1 N–H and O–H groups in total. The van der Waals surface area contributed by atoms with Crippen LogP contribution in [0, 0.1) is 0 Å². The Morgan fingerprint density at radius 2 is 2.18 bits per heavy atom. The van der Waals surface area contributed by atoms with Gasteiger partial charge in [-0.3, -0.25) is 0 Å². The number of hydrogen-bond donors (Lipinski definition) is 1. The standard InChI is InChI=1S/C9H12F3N3OS/c1-16-8(3-2-4-8)5-13-7-14-6(15-17-7)9(10,11)12/h2-5H2,1H3,(H,13,14,15). The molecular weight excluding hydrogens is 255 g/mol. The molecule has 0 unspecified atom stereocenters. The molecule has 1 heterocycles. The van der Waals surface area contributed by atoms with Crippen molar-refractivity contribution >= 4 is 16.7 Å². The second-order valence-electron chi connectivity index (χ2n) is 4.02. The highest BCUT2D eigenvalue weighted by Gasteiger charge is 2.38.